The van der Waals surface area contributed by atoms with Gasteiger partial charge in [-0.1, -0.05) is 24.9 Å². The molecule has 112 valence electrons. The van der Waals surface area contributed by atoms with Crippen LogP contribution in [0, 0.1) is 12.8 Å². The fourth-order valence-corrected chi connectivity index (χ4v) is 4.84. The summed E-state index contributed by atoms with van der Waals surface area (Å²) in [6.07, 6.45) is 3.09. The van der Waals surface area contributed by atoms with Crippen LogP contribution < -0.4 is 5.73 Å². The Hall–Kier alpha value is -0.780. The van der Waals surface area contributed by atoms with E-state index in [4.69, 9.17) is 17.3 Å². The van der Waals surface area contributed by atoms with E-state index in [0.717, 1.165) is 19.3 Å². The molecule has 1 atom stereocenters. The summed E-state index contributed by atoms with van der Waals surface area (Å²) in [5.41, 5.74) is 6.82. The third-order valence-corrected chi connectivity index (χ3v) is 6.14. The predicted octanol–water partition coefficient (Wildman–Crippen LogP) is 3.04. The molecule has 0 radical (unpaired) electrons. The van der Waals surface area contributed by atoms with Gasteiger partial charge in [0, 0.05) is 23.8 Å². The maximum absolute atomic E-state index is 12.7. The second-order valence-electron chi connectivity index (χ2n) is 5.42. The highest BCUT2D eigenvalue weighted by atomic mass is 35.5. The molecule has 1 fully saturated rings. The highest BCUT2D eigenvalue weighted by Crippen LogP contribution is 2.31. The van der Waals surface area contributed by atoms with Gasteiger partial charge in [0.1, 0.15) is 0 Å². The predicted molar refractivity (Wildman–Crippen MR) is 82.4 cm³/mol. The van der Waals surface area contributed by atoms with Crippen LogP contribution in [-0.2, 0) is 10.0 Å². The maximum atomic E-state index is 12.7. The summed E-state index contributed by atoms with van der Waals surface area (Å²) in [6.45, 7) is 5.03. The number of hydrogen-bond acceptors (Lipinski definition) is 3. The minimum atomic E-state index is -3.50. The lowest BCUT2D eigenvalue weighted by Gasteiger charge is -2.19. The number of hydrogen-bond donors (Lipinski definition) is 1. The summed E-state index contributed by atoms with van der Waals surface area (Å²) >= 11 is 5.95. The largest absolute Gasteiger partial charge is 0.398 e. The van der Waals surface area contributed by atoms with E-state index in [-0.39, 0.29) is 4.90 Å². The van der Waals surface area contributed by atoms with E-state index in [1.807, 2.05) is 0 Å². The van der Waals surface area contributed by atoms with Crippen LogP contribution in [-0.4, -0.2) is 25.8 Å². The summed E-state index contributed by atoms with van der Waals surface area (Å²) in [7, 11) is -3.50. The number of rotatable bonds is 4. The Morgan fingerprint density at radius 3 is 2.80 bits per heavy atom. The molecule has 4 nitrogen and oxygen atoms in total. The van der Waals surface area contributed by atoms with Crippen LogP contribution in [0.3, 0.4) is 0 Å². The van der Waals surface area contributed by atoms with Gasteiger partial charge in [-0.2, -0.15) is 4.31 Å². The molecule has 0 aromatic heterocycles. The van der Waals surface area contributed by atoms with Crippen molar-refractivity contribution < 1.29 is 8.42 Å². The third kappa shape index (κ3) is 2.95. The highest BCUT2D eigenvalue weighted by Gasteiger charge is 2.33. The molecule has 6 heteroatoms. The van der Waals surface area contributed by atoms with Gasteiger partial charge in [-0.25, -0.2) is 8.42 Å². The van der Waals surface area contributed by atoms with Gasteiger partial charge < -0.3 is 5.73 Å². The Balaban J connectivity index is 2.32. The molecule has 1 aromatic rings. The Bertz CT molecular complexity index is 601. The first kappa shape index (κ1) is 15.6. The van der Waals surface area contributed by atoms with Gasteiger partial charge in [0.05, 0.1) is 4.90 Å². The fraction of sp³-hybridized carbons (Fsp3) is 0.571. The molecule has 0 saturated carbocycles. The number of nitrogens with zero attached hydrogens (tertiary/aromatic N) is 1. The summed E-state index contributed by atoms with van der Waals surface area (Å²) in [6, 6.07) is 3.08. The Morgan fingerprint density at radius 2 is 2.15 bits per heavy atom. The lowest BCUT2D eigenvalue weighted by atomic mass is 10.0. The van der Waals surface area contributed by atoms with Crippen molar-refractivity contribution in [2.45, 2.75) is 38.0 Å². The van der Waals surface area contributed by atoms with Crippen molar-refractivity contribution >= 4 is 27.3 Å². The lowest BCUT2D eigenvalue weighted by Crippen LogP contribution is -2.29. The molecule has 0 aliphatic carbocycles. The number of benzene rings is 1. The van der Waals surface area contributed by atoms with Crippen molar-refractivity contribution in [1.82, 2.24) is 4.31 Å². The average Bonchev–Trinajstić information content (AvgIpc) is 2.83. The number of halogens is 1. The molecule has 0 amide bonds. The van der Waals surface area contributed by atoms with Gasteiger partial charge in [-0.15, -0.1) is 0 Å². The van der Waals surface area contributed by atoms with Gasteiger partial charge in [-0.05, 0) is 43.4 Å². The van der Waals surface area contributed by atoms with Crippen molar-refractivity contribution in [2.24, 2.45) is 5.92 Å². The SMILES string of the molecule is CCCC1CCN(S(=O)(=O)c2cc(Cl)cc(N)c2C)C1. The smallest absolute Gasteiger partial charge is 0.243 e. The van der Waals surface area contributed by atoms with Crippen molar-refractivity contribution in [3.63, 3.8) is 0 Å². The van der Waals surface area contributed by atoms with E-state index in [0.29, 0.717) is 35.3 Å². The van der Waals surface area contributed by atoms with Crippen LogP contribution in [0.4, 0.5) is 5.69 Å². The molecule has 1 saturated heterocycles. The molecular weight excluding hydrogens is 296 g/mol. The van der Waals surface area contributed by atoms with E-state index >= 15 is 0 Å². The summed E-state index contributed by atoms with van der Waals surface area (Å²) in [5, 5.41) is 0.357. The quantitative estimate of drug-likeness (QED) is 0.868. The van der Waals surface area contributed by atoms with Crippen LogP contribution in [0.5, 0.6) is 0 Å². The molecule has 1 aliphatic rings. The number of nitrogens with two attached hydrogens (primary N) is 1. The summed E-state index contributed by atoms with van der Waals surface area (Å²) in [4.78, 5) is 0.236. The van der Waals surface area contributed by atoms with Crippen LogP contribution in [0.25, 0.3) is 0 Å². The average molecular weight is 317 g/mol. The van der Waals surface area contributed by atoms with Gasteiger partial charge in [0.15, 0.2) is 0 Å². The molecule has 1 aromatic carbocycles. The fourth-order valence-electron chi connectivity index (χ4n) is 2.74. The van der Waals surface area contributed by atoms with Crippen molar-refractivity contribution in [1.29, 1.82) is 0 Å². The standard InChI is InChI=1S/C14H21ClN2O2S/c1-3-4-11-5-6-17(9-11)20(18,19)14-8-12(15)7-13(16)10(14)2/h7-8,11H,3-6,9,16H2,1-2H3. The van der Waals surface area contributed by atoms with E-state index in [2.05, 4.69) is 6.92 Å². The Kier molecular flexibility index (Phi) is 4.62. The van der Waals surface area contributed by atoms with Crippen LogP contribution in [0.1, 0.15) is 31.7 Å². The molecule has 1 unspecified atom stereocenters. The summed E-state index contributed by atoms with van der Waals surface area (Å²) in [5.74, 6) is 0.464. The van der Waals surface area contributed by atoms with Crippen LogP contribution in [0.15, 0.2) is 17.0 Å². The van der Waals surface area contributed by atoms with Crippen molar-refractivity contribution in [3.8, 4) is 0 Å². The first-order chi connectivity index (χ1) is 9.36. The van der Waals surface area contributed by atoms with E-state index < -0.39 is 10.0 Å². The second kappa shape index (κ2) is 5.92. The van der Waals surface area contributed by atoms with Crippen LogP contribution >= 0.6 is 11.6 Å². The number of anilines is 1. The zero-order chi connectivity index (χ0) is 14.9. The minimum Gasteiger partial charge on any atom is -0.398 e. The second-order valence-corrected chi connectivity index (χ2v) is 7.77. The summed E-state index contributed by atoms with van der Waals surface area (Å²) < 4.78 is 27.0. The molecular formula is C14H21ClN2O2S. The first-order valence-electron chi connectivity index (χ1n) is 6.92. The van der Waals surface area contributed by atoms with Crippen LogP contribution in [0.2, 0.25) is 5.02 Å². The maximum Gasteiger partial charge on any atom is 0.243 e. The number of sulfonamides is 1. The van der Waals surface area contributed by atoms with Crippen molar-refractivity contribution in [2.75, 3.05) is 18.8 Å². The minimum absolute atomic E-state index is 0.236. The molecule has 2 rings (SSSR count). The monoisotopic (exact) mass is 316 g/mol. The molecule has 0 bridgehead atoms. The number of nitrogen functional groups attached to an aromatic ring is 1. The molecule has 0 spiro atoms. The third-order valence-electron chi connectivity index (χ3n) is 3.93. The molecule has 20 heavy (non-hydrogen) atoms. The highest BCUT2D eigenvalue weighted by molar-refractivity contribution is 7.89. The van der Waals surface area contributed by atoms with E-state index in [9.17, 15) is 8.42 Å². The van der Waals surface area contributed by atoms with Gasteiger partial charge in [-0.3, -0.25) is 0 Å². The Labute approximate surface area is 126 Å². The molecule has 2 N–H and O–H groups in total. The molecule has 1 heterocycles. The van der Waals surface area contributed by atoms with Crippen molar-refractivity contribution in [3.05, 3.63) is 22.7 Å². The van der Waals surface area contributed by atoms with Gasteiger partial charge >= 0.3 is 0 Å². The van der Waals surface area contributed by atoms with E-state index in [1.165, 1.54) is 6.07 Å². The normalized spacial score (nSPS) is 20.4. The van der Waals surface area contributed by atoms with E-state index in [1.54, 1.807) is 17.3 Å². The Morgan fingerprint density at radius 1 is 1.45 bits per heavy atom. The lowest BCUT2D eigenvalue weighted by molar-refractivity contribution is 0.444. The zero-order valence-corrected chi connectivity index (χ0v) is 13.5. The van der Waals surface area contributed by atoms with Gasteiger partial charge in [0.2, 0.25) is 10.0 Å². The zero-order valence-electron chi connectivity index (χ0n) is 11.9. The topological polar surface area (TPSA) is 63.4 Å². The molecule has 1 aliphatic heterocycles. The first-order valence-corrected chi connectivity index (χ1v) is 8.73. The van der Waals surface area contributed by atoms with Gasteiger partial charge in [0.25, 0.3) is 0 Å².